The summed E-state index contributed by atoms with van der Waals surface area (Å²) in [6.45, 7) is 1.42. The summed E-state index contributed by atoms with van der Waals surface area (Å²) in [6, 6.07) is 2.53. The van der Waals surface area contributed by atoms with Crippen molar-refractivity contribution >= 4 is 27.5 Å². The number of aryl methyl sites for hydroxylation is 1. The van der Waals surface area contributed by atoms with Crippen molar-refractivity contribution < 1.29 is 9.18 Å². The van der Waals surface area contributed by atoms with Gasteiger partial charge >= 0.3 is 0 Å². The number of anilines is 1. The number of nitrogens with zero attached hydrogens (tertiary/aromatic N) is 2. The van der Waals surface area contributed by atoms with Crippen LogP contribution >= 0.6 is 15.9 Å². The zero-order valence-electron chi connectivity index (χ0n) is 11.4. The molecule has 21 heavy (non-hydrogen) atoms. The van der Waals surface area contributed by atoms with Crippen molar-refractivity contribution in [1.82, 2.24) is 14.9 Å². The van der Waals surface area contributed by atoms with E-state index in [1.807, 2.05) is 10.8 Å². The fourth-order valence-corrected chi connectivity index (χ4v) is 2.37. The predicted molar refractivity (Wildman–Crippen MR) is 82.3 cm³/mol. The predicted octanol–water partition coefficient (Wildman–Crippen LogP) is 2.58. The van der Waals surface area contributed by atoms with Crippen LogP contribution in [0, 0.1) is 5.82 Å². The lowest BCUT2D eigenvalue weighted by Crippen LogP contribution is -2.25. The van der Waals surface area contributed by atoms with Gasteiger partial charge in [-0.15, -0.1) is 0 Å². The second kappa shape index (κ2) is 7.21. The summed E-state index contributed by atoms with van der Waals surface area (Å²) in [5.74, 6) is -0.810. The number of nitrogens with two attached hydrogens (primary N) is 1. The van der Waals surface area contributed by atoms with Gasteiger partial charge in [0.05, 0.1) is 17.6 Å². The summed E-state index contributed by atoms with van der Waals surface area (Å²) in [4.78, 5) is 15.9. The summed E-state index contributed by atoms with van der Waals surface area (Å²) >= 11 is 3.16. The Kier molecular flexibility index (Phi) is 5.32. The number of hydrogen-bond donors (Lipinski definition) is 2. The number of rotatable bonds is 6. The maximum atomic E-state index is 13.2. The molecule has 112 valence electrons. The number of amides is 1. The Labute approximate surface area is 130 Å². The third kappa shape index (κ3) is 4.29. The number of hydrogen-bond acceptors (Lipinski definition) is 3. The smallest absolute Gasteiger partial charge is 0.252 e. The van der Waals surface area contributed by atoms with Gasteiger partial charge in [-0.25, -0.2) is 9.37 Å². The molecule has 0 radical (unpaired) electrons. The first-order valence-electron chi connectivity index (χ1n) is 6.56. The summed E-state index contributed by atoms with van der Waals surface area (Å²) in [6.07, 6.45) is 7.17. The molecule has 0 atom stereocenters. The summed E-state index contributed by atoms with van der Waals surface area (Å²) in [5.41, 5.74) is 5.77. The molecule has 1 heterocycles. The zero-order chi connectivity index (χ0) is 15.2. The molecule has 1 amide bonds. The number of imidazole rings is 1. The van der Waals surface area contributed by atoms with Crippen LogP contribution in [0.15, 0.2) is 35.3 Å². The number of aromatic nitrogens is 2. The number of nitrogens with one attached hydrogen (secondary N) is 1. The van der Waals surface area contributed by atoms with Crippen molar-refractivity contribution in [3.8, 4) is 0 Å². The molecule has 7 heteroatoms. The average molecular weight is 355 g/mol. The quantitative estimate of drug-likeness (QED) is 0.618. The number of halogens is 2. The van der Waals surface area contributed by atoms with Crippen LogP contribution in [0.4, 0.5) is 10.1 Å². The van der Waals surface area contributed by atoms with Gasteiger partial charge in [-0.3, -0.25) is 4.79 Å². The van der Waals surface area contributed by atoms with Crippen molar-refractivity contribution in [3.63, 3.8) is 0 Å². The molecule has 2 rings (SSSR count). The third-order valence-electron chi connectivity index (χ3n) is 3.02. The van der Waals surface area contributed by atoms with E-state index in [0.717, 1.165) is 19.4 Å². The van der Waals surface area contributed by atoms with Crippen LogP contribution in [0.1, 0.15) is 23.2 Å². The van der Waals surface area contributed by atoms with E-state index in [1.54, 1.807) is 12.5 Å². The molecule has 0 aliphatic rings. The van der Waals surface area contributed by atoms with Crippen molar-refractivity contribution in [2.75, 3.05) is 12.3 Å². The highest BCUT2D eigenvalue weighted by molar-refractivity contribution is 9.10. The number of benzene rings is 1. The van der Waals surface area contributed by atoms with E-state index in [2.05, 4.69) is 26.2 Å². The highest BCUT2D eigenvalue weighted by Gasteiger charge is 2.12. The minimum Gasteiger partial charge on any atom is -0.396 e. The van der Waals surface area contributed by atoms with E-state index in [4.69, 9.17) is 5.73 Å². The minimum atomic E-state index is -0.543. The molecular formula is C14H16BrFN4O. The van der Waals surface area contributed by atoms with Gasteiger partial charge < -0.3 is 15.6 Å². The second-order valence-corrected chi connectivity index (χ2v) is 5.47. The van der Waals surface area contributed by atoms with E-state index < -0.39 is 5.82 Å². The molecule has 3 N–H and O–H groups in total. The van der Waals surface area contributed by atoms with Gasteiger partial charge in [-0.2, -0.15) is 0 Å². The highest BCUT2D eigenvalue weighted by Crippen LogP contribution is 2.22. The third-order valence-corrected chi connectivity index (χ3v) is 3.67. The lowest BCUT2D eigenvalue weighted by molar-refractivity contribution is 0.0952. The van der Waals surface area contributed by atoms with Crippen LogP contribution in [0.2, 0.25) is 0 Å². The Balaban J connectivity index is 1.78. The van der Waals surface area contributed by atoms with E-state index >= 15 is 0 Å². The van der Waals surface area contributed by atoms with E-state index in [1.165, 1.54) is 12.1 Å². The van der Waals surface area contributed by atoms with Crippen molar-refractivity contribution in [3.05, 3.63) is 46.7 Å². The van der Waals surface area contributed by atoms with E-state index in [-0.39, 0.29) is 11.6 Å². The zero-order valence-corrected chi connectivity index (χ0v) is 12.9. The molecule has 0 saturated carbocycles. The Morgan fingerprint density at radius 2 is 2.24 bits per heavy atom. The molecule has 1 aromatic heterocycles. The Morgan fingerprint density at radius 3 is 2.95 bits per heavy atom. The van der Waals surface area contributed by atoms with Gasteiger partial charge in [0.15, 0.2) is 0 Å². The topological polar surface area (TPSA) is 72.9 Å². The number of nitrogen functional groups attached to an aromatic ring is 1. The summed E-state index contributed by atoms with van der Waals surface area (Å²) in [7, 11) is 0. The molecular weight excluding hydrogens is 339 g/mol. The van der Waals surface area contributed by atoms with Gasteiger partial charge in [-0.1, -0.05) is 0 Å². The first kappa shape index (κ1) is 15.5. The van der Waals surface area contributed by atoms with Gasteiger partial charge in [0.25, 0.3) is 5.91 Å². The standard InChI is InChI=1S/C14H16BrFN4O/c15-11-8-12(16)13(17)7-10(11)14(21)19-3-1-2-5-20-6-4-18-9-20/h4,6-9H,1-3,5,17H2,(H,19,21). The Bertz CT molecular complexity index is 616. The lowest BCUT2D eigenvalue weighted by Gasteiger charge is -2.08. The second-order valence-electron chi connectivity index (χ2n) is 4.62. The van der Waals surface area contributed by atoms with Crippen LogP contribution in [-0.2, 0) is 6.54 Å². The fourth-order valence-electron chi connectivity index (χ4n) is 1.88. The van der Waals surface area contributed by atoms with Crippen LogP contribution in [0.3, 0.4) is 0 Å². The van der Waals surface area contributed by atoms with Crippen LogP contribution in [0.5, 0.6) is 0 Å². The lowest BCUT2D eigenvalue weighted by atomic mass is 10.2. The summed E-state index contributed by atoms with van der Waals surface area (Å²) < 4.78 is 15.6. The first-order chi connectivity index (χ1) is 10.1. The molecule has 0 unspecified atom stereocenters. The van der Waals surface area contributed by atoms with Crippen LogP contribution < -0.4 is 11.1 Å². The summed E-state index contributed by atoms with van der Waals surface area (Å²) in [5, 5.41) is 2.79. The monoisotopic (exact) mass is 354 g/mol. The van der Waals surface area contributed by atoms with E-state index in [9.17, 15) is 9.18 Å². The Hall–Kier alpha value is -1.89. The van der Waals surface area contributed by atoms with Gasteiger partial charge in [0.2, 0.25) is 0 Å². The highest BCUT2D eigenvalue weighted by atomic mass is 79.9. The number of carbonyl (C=O) groups is 1. The molecule has 1 aromatic carbocycles. The van der Waals surface area contributed by atoms with Crippen molar-refractivity contribution in [2.45, 2.75) is 19.4 Å². The maximum Gasteiger partial charge on any atom is 0.252 e. The van der Waals surface area contributed by atoms with Crippen LogP contribution in [0.25, 0.3) is 0 Å². The van der Waals surface area contributed by atoms with Gasteiger partial charge in [-0.05, 0) is 40.9 Å². The molecule has 0 bridgehead atoms. The molecule has 0 aliphatic carbocycles. The van der Waals surface area contributed by atoms with E-state index in [0.29, 0.717) is 16.6 Å². The van der Waals surface area contributed by atoms with Crippen molar-refractivity contribution in [1.29, 1.82) is 0 Å². The molecule has 0 fully saturated rings. The first-order valence-corrected chi connectivity index (χ1v) is 7.35. The van der Waals surface area contributed by atoms with Crippen LogP contribution in [-0.4, -0.2) is 22.0 Å². The maximum absolute atomic E-state index is 13.2. The molecule has 0 saturated heterocycles. The van der Waals surface area contributed by atoms with Crippen molar-refractivity contribution in [2.24, 2.45) is 0 Å². The molecule has 2 aromatic rings. The Morgan fingerprint density at radius 1 is 1.43 bits per heavy atom. The normalized spacial score (nSPS) is 10.6. The number of unbranched alkanes of at least 4 members (excludes halogenated alkanes) is 1. The molecule has 5 nitrogen and oxygen atoms in total. The number of carbonyl (C=O) groups excluding carboxylic acids is 1. The average Bonchev–Trinajstić information content (AvgIpc) is 2.95. The fraction of sp³-hybridized carbons (Fsp3) is 0.286. The SMILES string of the molecule is Nc1cc(C(=O)NCCCCn2ccnc2)c(Br)cc1F. The minimum absolute atomic E-state index is 0.0385. The van der Waals surface area contributed by atoms with Gasteiger partial charge in [0.1, 0.15) is 5.82 Å². The van der Waals surface area contributed by atoms with Gasteiger partial charge in [0, 0.05) is 30.0 Å². The molecule has 0 spiro atoms. The molecule has 0 aliphatic heterocycles. The largest absolute Gasteiger partial charge is 0.396 e.